The molecule has 0 aliphatic carbocycles. The minimum atomic E-state index is -4.23. The second-order valence-electron chi connectivity index (χ2n) is 7.04. The number of rotatable bonds is 10. The van der Waals surface area contributed by atoms with Gasteiger partial charge in [0.25, 0.3) is 0 Å². The predicted molar refractivity (Wildman–Crippen MR) is 120 cm³/mol. The van der Waals surface area contributed by atoms with E-state index in [4.69, 9.17) is 4.74 Å². The smallest absolute Gasteiger partial charge is 0.414 e. The number of thioether (sulfide) groups is 1. The number of hydrogen-bond acceptors (Lipinski definition) is 6. The monoisotopic (exact) mass is 481 g/mol. The molecule has 1 fully saturated rings. The van der Waals surface area contributed by atoms with Crippen molar-refractivity contribution in [2.75, 3.05) is 30.1 Å². The normalized spacial score (nSPS) is 14.8. The van der Waals surface area contributed by atoms with Crippen LogP contribution in [0, 0.1) is 5.82 Å². The molecule has 1 aliphatic rings. The molecule has 0 radical (unpaired) electrons. The Balaban J connectivity index is 1.69. The molecule has 11 heteroatoms. The third-order valence-corrected chi connectivity index (χ3v) is 6.95. The Morgan fingerprint density at radius 1 is 1.25 bits per heavy atom. The summed E-state index contributed by atoms with van der Waals surface area (Å²) in [7, 11) is -4.23. The highest BCUT2D eigenvalue weighted by Gasteiger charge is 2.27. The van der Waals surface area contributed by atoms with Crippen LogP contribution in [-0.2, 0) is 26.1 Å². The average molecular weight is 482 g/mol. The van der Waals surface area contributed by atoms with Crippen molar-refractivity contribution in [2.24, 2.45) is 0 Å². The lowest BCUT2D eigenvalue weighted by atomic mass is 10.1. The first-order valence-electron chi connectivity index (χ1n) is 9.88. The van der Waals surface area contributed by atoms with Crippen LogP contribution < -0.4 is 14.9 Å². The number of sulfonamides is 1. The van der Waals surface area contributed by atoms with Gasteiger partial charge in [0.2, 0.25) is 15.9 Å². The second kappa shape index (κ2) is 10.8. The van der Waals surface area contributed by atoms with E-state index in [-0.39, 0.29) is 13.0 Å². The zero-order valence-electron chi connectivity index (χ0n) is 17.4. The maximum absolute atomic E-state index is 14.0. The van der Waals surface area contributed by atoms with Crippen molar-refractivity contribution in [3.8, 4) is 0 Å². The van der Waals surface area contributed by atoms with E-state index in [1.807, 2.05) is 6.26 Å². The summed E-state index contributed by atoms with van der Waals surface area (Å²) in [6.45, 7) is 0.898. The average Bonchev–Trinajstić information content (AvgIpc) is 3.21. The Hall–Kier alpha value is -2.63. The molecule has 1 unspecified atom stereocenters. The highest BCUT2D eigenvalue weighted by Crippen LogP contribution is 2.20. The summed E-state index contributed by atoms with van der Waals surface area (Å²) in [6, 6.07) is 11.0. The number of anilines is 1. The Bertz CT molecular complexity index is 1080. The van der Waals surface area contributed by atoms with Crippen LogP contribution in [0.4, 0.5) is 14.9 Å². The molecule has 0 spiro atoms. The minimum absolute atomic E-state index is 0.132. The standard InChI is InChI=1S/C21H24FN3O5S2/c1-31-12-9-18(24-32(28,29)19-8-3-2-7-17(19)22)20(26)23-14-15-5-4-6-16(13-15)25-10-11-30-21(25)27/h2-8,13,18,24H,9-12,14H2,1H3,(H,23,26). The summed E-state index contributed by atoms with van der Waals surface area (Å²) in [6.07, 6.45) is 1.65. The molecule has 2 aromatic carbocycles. The van der Waals surface area contributed by atoms with Gasteiger partial charge >= 0.3 is 6.09 Å². The molecule has 0 saturated carbocycles. The third kappa shape index (κ3) is 5.99. The van der Waals surface area contributed by atoms with Crippen LogP contribution in [0.1, 0.15) is 12.0 Å². The van der Waals surface area contributed by atoms with Gasteiger partial charge in [-0.05, 0) is 48.3 Å². The van der Waals surface area contributed by atoms with Gasteiger partial charge in [-0.3, -0.25) is 9.69 Å². The van der Waals surface area contributed by atoms with E-state index in [2.05, 4.69) is 10.0 Å². The van der Waals surface area contributed by atoms with E-state index in [1.54, 1.807) is 24.3 Å². The van der Waals surface area contributed by atoms with E-state index in [1.165, 1.54) is 28.8 Å². The summed E-state index contributed by atoms with van der Waals surface area (Å²) in [5, 5.41) is 2.72. The number of halogens is 1. The van der Waals surface area contributed by atoms with Crippen LogP contribution in [0.5, 0.6) is 0 Å². The molecule has 3 rings (SSSR count). The number of hydrogen-bond donors (Lipinski definition) is 2. The highest BCUT2D eigenvalue weighted by molar-refractivity contribution is 7.98. The SMILES string of the molecule is CSCCC(NS(=O)(=O)c1ccccc1F)C(=O)NCc1cccc(N2CCOC2=O)c1. The van der Waals surface area contributed by atoms with Crippen LogP contribution in [0.3, 0.4) is 0 Å². The molecule has 0 bridgehead atoms. The molecule has 1 atom stereocenters. The lowest BCUT2D eigenvalue weighted by Gasteiger charge is -2.19. The van der Waals surface area contributed by atoms with Crippen molar-refractivity contribution in [3.63, 3.8) is 0 Å². The molecule has 1 aliphatic heterocycles. The molecule has 2 amide bonds. The van der Waals surface area contributed by atoms with Gasteiger partial charge in [0.05, 0.1) is 6.54 Å². The van der Waals surface area contributed by atoms with Gasteiger partial charge < -0.3 is 10.1 Å². The highest BCUT2D eigenvalue weighted by atomic mass is 32.2. The third-order valence-electron chi connectivity index (χ3n) is 4.80. The van der Waals surface area contributed by atoms with Crippen LogP contribution >= 0.6 is 11.8 Å². The Labute approximate surface area is 190 Å². The van der Waals surface area contributed by atoms with Crippen LogP contribution in [0.2, 0.25) is 0 Å². The number of nitrogens with one attached hydrogen (secondary N) is 2. The minimum Gasteiger partial charge on any atom is -0.447 e. The predicted octanol–water partition coefficient (Wildman–Crippen LogP) is 2.50. The second-order valence-corrected chi connectivity index (χ2v) is 9.71. The molecule has 1 heterocycles. The lowest BCUT2D eigenvalue weighted by Crippen LogP contribution is -2.46. The molecule has 172 valence electrons. The molecule has 8 nitrogen and oxygen atoms in total. The van der Waals surface area contributed by atoms with Crippen LogP contribution in [0.15, 0.2) is 53.4 Å². The first kappa shape index (κ1) is 24.0. The number of nitrogens with zero attached hydrogens (tertiary/aromatic N) is 1. The summed E-state index contributed by atoms with van der Waals surface area (Å²) >= 11 is 1.46. The molecule has 0 aromatic heterocycles. The lowest BCUT2D eigenvalue weighted by molar-refractivity contribution is -0.122. The fourth-order valence-corrected chi connectivity index (χ4v) is 4.95. The van der Waals surface area contributed by atoms with E-state index >= 15 is 0 Å². The Morgan fingerprint density at radius 3 is 2.72 bits per heavy atom. The van der Waals surface area contributed by atoms with Crippen molar-refractivity contribution in [3.05, 3.63) is 59.9 Å². The van der Waals surface area contributed by atoms with Gasteiger partial charge in [-0.1, -0.05) is 24.3 Å². The number of benzene rings is 2. The quantitative estimate of drug-likeness (QED) is 0.540. The summed E-state index contributed by atoms with van der Waals surface area (Å²) in [5.41, 5.74) is 1.38. The van der Waals surface area contributed by atoms with Gasteiger partial charge in [-0.25, -0.2) is 17.6 Å². The van der Waals surface area contributed by atoms with Crippen molar-refractivity contribution in [2.45, 2.75) is 23.9 Å². The molecule has 2 aromatic rings. The van der Waals surface area contributed by atoms with Crippen molar-refractivity contribution in [1.29, 1.82) is 0 Å². The number of carbonyl (C=O) groups excluding carboxylic acids is 2. The summed E-state index contributed by atoms with van der Waals surface area (Å²) < 4.78 is 46.5. The van der Waals surface area contributed by atoms with Gasteiger partial charge in [0.15, 0.2) is 0 Å². The molecule has 1 saturated heterocycles. The van der Waals surface area contributed by atoms with E-state index < -0.39 is 38.8 Å². The Kier molecular flexibility index (Phi) is 8.10. The Morgan fingerprint density at radius 2 is 2.03 bits per heavy atom. The zero-order valence-corrected chi connectivity index (χ0v) is 19.0. The molecule has 2 N–H and O–H groups in total. The number of ether oxygens (including phenoxy) is 1. The van der Waals surface area contributed by atoms with Crippen LogP contribution in [0.25, 0.3) is 0 Å². The first-order chi connectivity index (χ1) is 15.3. The fraction of sp³-hybridized carbons (Fsp3) is 0.333. The number of amides is 2. The van der Waals surface area contributed by atoms with Crippen molar-refractivity contribution >= 4 is 39.5 Å². The fourth-order valence-electron chi connectivity index (χ4n) is 3.17. The largest absolute Gasteiger partial charge is 0.447 e. The number of cyclic esters (lactones) is 1. The maximum atomic E-state index is 14.0. The van der Waals surface area contributed by atoms with Crippen LogP contribution in [-0.4, -0.2) is 51.6 Å². The topological polar surface area (TPSA) is 105 Å². The van der Waals surface area contributed by atoms with Gasteiger partial charge in [0.1, 0.15) is 23.4 Å². The molecular formula is C21H24FN3O5S2. The zero-order chi connectivity index (χ0) is 23.1. The first-order valence-corrected chi connectivity index (χ1v) is 12.8. The summed E-state index contributed by atoms with van der Waals surface area (Å²) in [4.78, 5) is 25.5. The molecule has 32 heavy (non-hydrogen) atoms. The van der Waals surface area contributed by atoms with Gasteiger partial charge in [-0.15, -0.1) is 0 Å². The van der Waals surface area contributed by atoms with E-state index in [0.29, 0.717) is 24.6 Å². The van der Waals surface area contributed by atoms with Crippen molar-refractivity contribution < 1.29 is 27.1 Å². The van der Waals surface area contributed by atoms with E-state index in [9.17, 15) is 22.4 Å². The van der Waals surface area contributed by atoms with Crippen molar-refractivity contribution in [1.82, 2.24) is 10.0 Å². The van der Waals surface area contributed by atoms with E-state index in [0.717, 1.165) is 17.7 Å². The number of carbonyl (C=O) groups is 2. The summed E-state index contributed by atoms with van der Waals surface area (Å²) in [5.74, 6) is -0.879. The molecular weight excluding hydrogens is 457 g/mol. The van der Waals surface area contributed by atoms with Gasteiger partial charge in [0, 0.05) is 12.2 Å². The maximum Gasteiger partial charge on any atom is 0.414 e. The van der Waals surface area contributed by atoms with Gasteiger partial charge in [-0.2, -0.15) is 16.5 Å².